The van der Waals surface area contributed by atoms with Gasteiger partial charge in [-0.3, -0.25) is 0 Å². The van der Waals surface area contributed by atoms with E-state index in [1.165, 1.54) is 13.2 Å². The van der Waals surface area contributed by atoms with E-state index in [1.54, 1.807) is 44.6 Å². The van der Waals surface area contributed by atoms with Gasteiger partial charge in [0.15, 0.2) is 11.5 Å². The van der Waals surface area contributed by atoms with E-state index in [0.717, 1.165) is 5.56 Å². The number of fused-ring (bicyclic) bond motifs is 1. The molecule has 0 saturated heterocycles. The lowest BCUT2D eigenvalue weighted by Crippen LogP contribution is -2.22. The fourth-order valence-electron chi connectivity index (χ4n) is 2.72. The molecule has 7 nitrogen and oxygen atoms in total. The van der Waals surface area contributed by atoms with Crippen molar-refractivity contribution in [3.05, 3.63) is 47.3 Å². The molecular formula is C19H17N2O5-. The number of ether oxygens (including phenoxy) is 3. The van der Waals surface area contributed by atoms with Crippen LogP contribution in [0.2, 0.25) is 0 Å². The van der Waals surface area contributed by atoms with Crippen molar-refractivity contribution in [2.75, 3.05) is 21.3 Å². The van der Waals surface area contributed by atoms with E-state index in [4.69, 9.17) is 14.2 Å². The van der Waals surface area contributed by atoms with Crippen molar-refractivity contribution in [2.45, 2.75) is 0 Å². The third kappa shape index (κ3) is 3.06. The van der Waals surface area contributed by atoms with E-state index in [9.17, 15) is 9.90 Å². The summed E-state index contributed by atoms with van der Waals surface area (Å²) in [5.74, 6) is 0.809. The lowest BCUT2D eigenvalue weighted by Gasteiger charge is -2.13. The van der Waals surface area contributed by atoms with Gasteiger partial charge in [0.2, 0.25) is 5.75 Å². The summed E-state index contributed by atoms with van der Waals surface area (Å²) in [6.07, 6.45) is 3.51. The zero-order valence-electron chi connectivity index (χ0n) is 14.5. The third-order valence-electron chi connectivity index (χ3n) is 3.91. The number of aromatic nitrogens is 2. The van der Waals surface area contributed by atoms with Crippen LogP contribution in [0.5, 0.6) is 17.2 Å². The molecule has 0 saturated carbocycles. The lowest BCUT2D eigenvalue weighted by molar-refractivity contribution is -0.254. The van der Waals surface area contributed by atoms with Crippen molar-refractivity contribution >= 4 is 29.2 Å². The molecule has 26 heavy (non-hydrogen) atoms. The van der Waals surface area contributed by atoms with E-state index >= 15 is 0 Å². The highest BCUT2D eigenvalue weighted by atomic mass is 16.5. The van der Waals surface area contributed by atoms with Gasteiger partial charge in [-0.2, -0.15) is 0 Å². The first-order valence-corrected chi connectivity index (χ1v) is 7.76. The van der Waals surface area contributed by atoms with Crippen LogP contribution in [0.4, 0.5) is 0 Å². The Balaban J connectivity index is 2.02. The molecule has 0 atom stereocenters. The fourth-order valence-corrected chi connectivity index (χ4v) is 2.72. The highest BCUT2D eigenvalue weighted by Gasteiger charge is 2.14. The molecule has 1 aromatic heterocycles. The summed E-state index contributed by atoms with van der Waals surface area (Å²) in [6, 6.07) is 8.45. The van der Waals surface area contributed by atoms with E-state index in [-0.39, 0.29) is 5.56 Å². The predicted molar refractivity (Wildman–Crippen MR) is 95.5 cm³/mol. The molecular weight excluding hydrogens is 336 g/mol. The number of benzene rings is 2. The summed E-state index contributed by atoms with van der Waals surface area (Å²) < 4.78 is 16.1. The van der Waals surface area contributed by atoms with Gasteiger partial charge >= 0.3 is 0 Å². The molecule has 3 rings (SSSR count). The number of aromatic carboxylic acids is 1. The Morgan fingerprint density at radius 3 is 2.46 bits per heavy atom. The van der Waals surface area contributed by atoms with Crippen LogP contribution < -0.4 is 19.3 Å². The summed E-state index contributed by atoms with van der Waals surface area (Å²) >= 11 is 0. The minimum atomic E-state index is -1.26. The van der Waals surface area contributed by atoms with E-state index in [0.29, 0.717) is 34.1 Å². The monoisotopic (exact) mass is 353 g/mol. The largest absolute Gasteiger partial charge is 0.545 e. The lowest BCUT2D eigenvalue weighted by atomic mass is 10.1. The molecule has 0 aliphatic rings. The van der Waals surface area contributed by atoms with E-state index < -0.39 is 5.97 Å². The second-order valence-electron chi connectivity index (χ2n) is 5.37. The van der Waals surface area contributed by atoms with E-state index in [1.807, 2.05) is 6.07 Å². The number of carboxylic acid groups (broad SMARTS) is 1. The maximum absolute atomic E-state index is 11.2. The maximum Gasteiger partial charge on any atom is 0.203 e. The Bertz CT molecular complexity index is 991. The number of nitrogens with zero attached hydrogens (tertiary/aromatic N) is 1. The number of carbonyl (C=O) groups is 1. The van der Waals surface area contributed by atoms with Gasteiger partial charge in [0.25, 0.3) is 0 Å². The minimum Gasteiger partial charge on any atom is -0.545 e. The first-order chi connectivity index (χ1) is 12.6. The Morgan fingerprint density at radius 1 is 1.04 bits per heavy atom. The smallest absolute Gasteiger partial charge is 0.203 e. The van der Waals surface area contributed by atoms with Crippen molar-refractivity contribution in [2.24, 2.45) is 0 Å². The normalized spacial score (nSPS) is 11.0. The SMILES string of the molecule is COc1ccc(/C=C/c2nc3c(C(=O)[O-])cccc3[nH]2)c(OC)c1OC. The Labute approximate surface area is 149 Å². The van der Waals surface area contributed by atoms with Gasteiger partial charge in [-0.05, 0) is 30.4 Å². The van der Waals surface area contributed by atoms with Crippen LogP contribution in [0.1, 0.15) is 21.7 Å². The molecule has 0 aliphatic carbocycles. The van der Waals surface area contributed by atoms with Crippen LogP contribution >= 0.6 is 0 Å². The number of carboxylic acids is 1. The molecule has 0 unspecified atom stereocenters. The van der Waals surface area contributed by atoms with Gasteiger partial charge in [-0.1, -0.05) is 12.1 Å². The third-order valence-corrected chi connectivity index (χ3v) is 3.91. The molecule has 0 aliphatic heterocycles. The zero-order chi connectivity index (χ0) is 18.7. The first-order valence-electron chi connectivity index (χ1n) is 7.76. The molecule has 134 valence electrons. The number of rotatable bonds is 6. The van der Waals surface area contributed by atoms with Crippen molar-refractivity contribution in [1.82, 2.24) is 9.97 Å². The summed E-state index contributed by atoms with van der Waals surface area (Å²) in [5, 5.41) is 11.2. The number of H-pyrrole nitrogens is 1. The first kappa shape index (κ1) is 17.3. The number of imidazole rings is 1. The highest BCUT2D eigenvalue weighted by Crippen LogP contribution is 2.40. The van der Waals surface area contributed by atoms with Crippen molar-refractivity contribution in [3.63, 3.8) is 0 Å². The molecule has 0 fully saturated rings. The van der Waals surface area contributed by atoms with Crippen LogP contribution in [0.15, 0.2) is 30.3 Å². The number of aromatic amines is 1. The summed E-state index contributed by atoms with van der Waals surface area (Å²) in [6.45, 7) is 0. The molecule has 2 aromatic carbocycles. The molecule has 0 amide bonds. The Kier molecular flexibility index (Phi) is 4.79. The standard InChI is InChI=1S/C19H18N2O5/c1-24-14-9-7-11(17(25-2)18(14)26-3)8-10-15-20-13-6-4-5-12(19(22)23)16(13)21-15/h4-10H,1-3H3,(H,20,21)(H,22,23)/p-1/b10-8+. The molecule has 1 N–H and O–H groups in total. The summed E-state index contributed by atoms with van der Waals surface area (Å²) in [5.41, 5.74) is 1.77. The molecule has 0 radical (unpaired) electrons. The van der Waals surface area contributed by atoms with Crippen LogP contribution in [-0.4, -0.2) is 37.3 Å². The number of carbonyl (C=O) groups excluding carboxylic acids is 1. The molecule has 0 bridgehead atoms. The second kappa shape index (κ2) is 7.18. The molecule has 1 heterocycles. The van der Waals surface area contributed by atoms with Crippen LogP contribution in [0, 0.1) is 0 Å². The molecule has 3 aromatic rings. The Morgan fingerprint density at radius 2 is 1.81 bits per heavy atom. The van der Waals surface area contributed by atoms with Crippen LogP contribution in [0.3, 0.4) is 0 Å². The summed E-state index contributed by atoms with van der Waals surface area (Å²) in [7, 11) is 4.63. The van der Waals surface area contributed by atoms with Crippen LogP contribution in [0.25, 0.3) is 23.2 Å². The number of methoxy groups -OCH3 is 3. The quantitative estimate of drug-likeness (QED) is 0.729. The second-order valence-corrected chi connectivity index (χ2v) is 5.37. The molecule has 0 spiro atoms. The number of hydrogen-bond acceptors (Lipinski definition) is 6. The van der Waals surface area contributed by atoms with Gasteiger partial charge in [0.05, 0.1) is 38.3 Å². The average Bonchev–Trinajstić information content (AvgIpc) is 3.07. The highest BCUT2D eigenvalue weighted by molar-refractivity contribution is 6.00. The maximum atomic E-state index is 11.2. The van der Waals surface area contributed by atoms with Gasteiger partial charge in [-0.25, -0.2) is 4.98 Å². The zero-order valence-corrected chi connectivity index (χ0v) is 14.5. The van der Waals surface area contributed by atoms with Gasteiger partial charge in [0.1, 0.15) is 5.82 Å². The van der Waals surface area contributed by atoms with E-state index in [2.05, 4.69) is 9.97 Å². The summed E-state index contributed by atoms with van der Waals surface area (Å²) in [4.78, 5) is 18.6. The topological polar surface area (TPSA) is 96.5 Å². The van der Waals surface area contributed by atoms with Gasteiger partial charge < -0.3 is 29.1 Å². The van der Waals surface area contributed by atoms with Crippen LogP contribution in [-0.2, 0) is 0 Å². The van der Waals surface area contributed by atoms with Gasteiger partial charge in [-0.15, -0.1) is 0 Å². The number of hydrogen-bond donors (Lipinski definition) is 1. The Hall–Kier alpha value is -3.48. The fraction of sp³-hybridized carbons (Fsp3) is 0.158. The van der Waals surface area contributed by atoms with Crippen molar-refractivity contribution in [1.29, 1.82) is 0 Å². The number of para-hydroxylation sites is 1. The van der Waals surface area contributed by atoms with Crippen molar-refractivity contribution in [3.8, 4) is 17.2 Å². The minimum absolute atomic E-state index is 0.0436. The van der Waals surface area contributed by atoms with Gasteiger partial charge in [0, 0.05) is 11.1 Å². The molecule has 7 heteroatoms. The number of nitrogens with one attached hydrogen (secondary N) is 1. The average molecular weight is 353 g/mol. The predicted octanol–water partition coefficient (Wildman–Crippen LogP) is 2.12. The van der Waals surface area contributed by atoms with Crippen molar-refractivity contribution < 1.29 is 24.1 Å².